The van der Waals surface area contributed by atoms with Crippen molar-refractivity contribution < 1.29 is 4.79 Å². The van der Waals surface area contributed by atoms with Crippen molar-refractivity contribution in [2.24, 2.45) is 0 Å². The van der Waals surface area contributed by atoms with Gasteiger partial charge < -0.3 is 5.32 Å². The largest absolute Gasteiger partial charge is 0.300 e. The van der Waals surface area contributed by atoms with Gasteiger partial charge in [0.15, 0.2) is 0 Å². The minimum Gasteiger partial charge on any atom is -0.300 e. The van der Waals surface area contributed by atoms with Crippen LogP contribution in [0, 0.1) is 6.92 Å². The molecule has 0 fully saturated rings. The number of nitrogens with one attached hydrogen (secondary N) is 1. The Bertz CT molecular complexity index is 1040. The molecular formula is C22H29N5O2S. The van der Waals surface area contributed by atoms with Crippen LogP contribution in [0.15, 0.2) is 29.1 Å². The highest BCUT2D eigenvalue weighted by Crippen LogP contribution is 2.18. The molecule has 160 valence electrons. The third-order valence-electron chi connectivity index (χ3n) is 5.07. The SMILES string of the molecule is CCCCCCCCc1nnc(NC(=O)CCn2c(C)nc3ccccc3c2=O)s1. The molecule has 8 heteroatoms. The van der Waals surface area contributed by atoms with Crippen molar-refractivity contribution in [3.63, 3.8) is 0 Å². The summed E-state index contributed by atoms with van der Waals surface area (Å²) in [6.45, 7) is 4.28. The minimum absolute atomic E-state index is 0.122. The third kappa shape index (κ3) is 5.95. The van der Waals surface area contributed by atoms with E-state index in [0.717, 1.165) is 17.8 Å². The number of hydrogen-bond donors (Lipinski definition) is 1. The predicted octanol–water partition coefficient (Wildman–Crippen LogP) is 4.49. The van der Waals surface area contributed by atoms with Crippen molar-refractivity contribution in [2.75, 3.05) is 5.32 Å². The minimum atomic E-state index is -0.184. The highest BCUT2D eigenvalue weighted by atomic mass is 32.1. The van der Waals surface area contributed by atoms with Crippen LogP contribution in [0.2, 0.25) is 0 Å². The van der Waals surface area contributed by atoms with E-state index in [0.29, 0.717) is 21.9 Å². The fourth-order valence-corrected chi connectivity index (χ4v) is 4.20. The van der Waals surface area contributed by atoms with Crippen LogP contribution < -0.4 is 10.9 Å². The number of aromatic nitrogens is 4. The Morgan fingerprint density at radius 2 is 1.87 bits per heavy atom. The lowest BCUT2D eigenvalue weighted by Gasteiger charge is -2.10. The summed E-state index contributed by atoms with van der Waals surface area (Å²) in [5, 5.41) is 13.1. The molecule has 0 aliphatic rings. The van der Waals surface area contributed by atoms with Gasteiger partial charge in [0.05, 0.1) is 10.9 Å². The molecule has 1 N–H and O–H groups in total. The number of rotatable bonds is 11. The Balaban J connectivity index is 1.49. The molecule has 30 heavy (non-hydrogen) atoms. The second-order valence-corrected chi connectivity index (χ2v) is 8.51. The molecule has 0 saturated heterocycles. The molecule has 0 bridgehead atoms. The summed E-state index contributed by atoms with van der Waals surface area (Å²) in [5.74, 6) is 0.417. The second-order valence-electron chi connectivity index (χ2n) is 7.45. The Morgan fingerprint density at radius 3 is 2.70 bits per heavy atom. The van der Waals surface area contributed by atoms with Gasteiger partial charge in [0.25, 0.3) is 5.56 Å². The van der Waals surface area contributed by atoms with Crippen LogP contribution in [-0.2, 0) is 17.8 Å². The van der Waals surface area contributed by atoms with Gasteiger partial charge in [0.1, 0.15) is 10.8 Å². The number of anilines is 1. The maximum Gasteiger partial charge on any atom is 0.261 e. The summed E-state index contributed by atoms with van der Waals surface area (Å²) in [6, 6.07) is 7.25. The van der Waals surface area contributed by atoms with E-state index in [-0.39, 0.29) is 24.4 Å². The van der Waals surface area contributed by atoms with Gasteiger partial charge in [0.2, 0.25) is 11.0 Å². The number of amides is 1. The normalized spacial score (nSPS) is 11.1. The lowest BCUT2D eigenvalue weighted by molar-refractivity contribution is -0.116. The van der Waals surface area contributed by atoms with Crippen molar-refractivity contribution in [1.29, 1.82) is 0 Å². The molecule has 3 rings (SSSR count). The first-order valence-electron chi connectivity index (χ1n) is 10.7. The number of hydrogen-bond acceptors (Lipinski definition) is 6. The summed E-state index contributed by atoms with van der Waals surface area (Å²) >= 11 is 1.42. The van der Waals surface area contributed by atoms with E-state index >= 15 is 0 Å². The number of para-hydroxylation sites is 1. The summed E-state index contributed by atoms with van der Waals surface area (Å²) < 4.78 is 1.55. The topological polar surface area (TPSA) is 89.8 Å². The zero-order valence-electron chi connectivity index (χ0n) is 17.7. The Kier molecular flexibility index (Phi) is 8.07. The van der Waals surface area contributed by atoms with E-state index in [2.05, 4.69) is 27.4 Å². The van der Waals surface area contributed by atoms with Crippen LogP contribution >= 0.6 is 11.3 Å². The van der Waals surface area contributed by atoms with Gasteiger partial charge in [-0.1, -0.05) is 62.5 Å². The van der Waals surface area contributed by atoms with Crippen LogP contribution in [0.5, 0.6) is 0 Å². The molecule has 2 heterocycles. The molecule has 3 aromatic rings. The summed E-state index contributed by atoms with van der Waals surface area (Å²) in [4.78, 5) is 29.5. The van der Waals surface area contributed by atoms with Gasteiger partial charge in [0, 0.05) is 19.4 Å². The zero-order chi connectivity index (χ0) is 21.3. The molecule has 0 radical (unpaired) electrons. The number of unbranched alkanes of at least 4 members (excludes halogenated alkanes) is 5. The van der Waals surface area contributed by atoms with Crippen LogP contribution in [0.1, 0.15) is 62.7 Å². The molecule has 0 saturated carbocycles. The highest BCUT2D eigenvalue weighted by molar-refractivity contribution is 7.15. The number of carbonyl (C=O) groups is 1. The first-order valence-corrected chi connectivity index (χ1v) is 11.5. The van der Waals surface area contributed by atoms with Gasteiger partial charge in [-0.25, -0.2) is 4.98 Å². The van der Waals surface area contributed by atoms with E-state index < -0.39 is 0 Å². The van der Waals surface area contributed by atoms with Gasteiger partial charge in [-0.05, 0) is 25.5 Å². The predicted molar refractivity (Wildman–Crippen MR) is 121 cm³/mol. The number of nitrogens with zero attached hydrogens (tertiary/aromatic N) is 4. The van der Waals surface area contributed by atoms with Crippen molar-refractivity contribution in [2.45, 2.75) is 71.8 Å². The molecule has 7 nitrogen and oxygen atoms in total. The van der Waals surface area contributed by atoms with Crippen LogP contribution in [0.4, 0.5) is 5.13 Å². The number of aryl methyl sites for hydroxylation is 2. The molecule has 2 aromatic heterocycles. The maximum absolute atomic E-state index is 12.7. The van der Waals surface area contributed by atoms with Gasteiger partial charge in [-0.3, -0.25) is 14.2 Å². The van der Waals surface area contributed by atoms with Crippen molar-refractivity contribution in [3.8, 4) is 0 Å². The molecule has 0 spiro atoms. The Hall–Kier alpha value is -2.61. The van der Waals surface area contributed by atoms with Gasteiger partial charge in [-0.2, -0.15) is 0 Å². The summed E-state index contributed by atoms with van der Waals surface area (Å²) in [5.41, 5.74) is 0.551. The highest BCUT2D eigenvalue weighted by Gasteiger charge is 2.12. The van der Waals surface area contributed by atoms with Crippen LogP contribution in [0.25, 0.3) is 10.9 Å². The fourth-order valence-electron chi connectivity index (χ4n) is 3.40. The van der Waals surface area contributed by atoms with Gasteiger partial charge in [-0.15, -0.1) is 10.2 Å². The molecule has 0 aliphatic carbocycles. The van der Waals surface area contributed by atoms with E-state index in [4.69, 9.17) is 0 Å². The van der Waals surface area contributed by atoms with E-state index in [9.17, 15) is 9.59 Å². The summed E-state index contributed by atoms with van der Waals surface area (Å²) in [7, 11) is 0. The monoisotopic (exact) mass is 427 g/mol. The second kappa shape index (κ2) is 11.0. The first-order chi connectivity index (χ1) is 14.6. The lowest BCUT2D eigenvalue weighted by Crippen LogP contribution is -2.26. The maximum atomic E-state index is 12.7. The van der Waals surface area contributed by atoms with Crippen molar-refractivity contribution in [3.05, 3.63) is 45.5 Å². The average molecular weight is 428 g/mol. The van der Waals surface area contributed by atoms with E-state index in [1.54, 1.807) is 17.6 Å². The number of carbonyl (C=O) groups excluding carboxylic acids is 1. The third-order valence-corrected chi connectivity index (χ3v) is 5.97. The number of fused-ring (bicyclic) bond motifs is 1. The molecule has 0 atom stereocenters. The zero-order valence-corrected chi connectivity index (χ0v) is 18.5. The summed E-state index contributed by atoms with van der Waals surface area (Å²) in [6.07, 6.45) is 8.49. The molecule has 1 amide bonds. The fraction of sp³-hybridized carbons (Fsp3) is 0.500. The Labute approximate surface area is 180 Å². The van der Waals surface area contributed by atoms with E-state index in [1.807, 2.05) is 18.2 Å². The van der Waals surface area contributed by atoms with Crippen LogP contribution in [0.3, 0.4) is 0 Å². The Morgan fingerprint density at radius 1 is 1.10 bits per heavy atom. The molecule has 0 aliphatic heterocycles. The lowest BCUT2D eigenvalue weighted by atomic mass is 10.1. The van der Waals surface area contributed by atoms with E-state index in [1.165, 1.54) is 43.4 Å². The van der Waals surface area contributed by atoms with Crippen molar-refractivity contribution >= 4 is 33.3 Å². The van der Waals surface area contributed by atoms with Crippen LogP contribution in [-0.4, -0.2) is 25.7 Å². The standard InChI is InChI=1S/C22H29N5O2S/c1-3-4-5-6-7-8-13-20-25-26-22(30-20)24-19(28)14-15-27-16(2)23-18-12-10-9-11-17(18)21(27)29/h9-12H,3-8,13-15H2,1-2H3,(H,24,26,28). The quantitative estimate of drug-likeness (QED) is 0.456. The molecular weight excluding hydrogens is 398 g/mol. The smallest absolute Gasteiger partial charge is 0.261 e. The average Bonchev–Trinajstić information content (AvgIpc) is 3.17. The van der Waals surface area contributed by atoms with Crippen molar-refractivity contribution in [1.82, 2.24) is 19.7 Å². The molecule has 0 unspecified atom stereocenters. The number of benzene rings is 1. The van der Waals surface area contributed by atoms with Gasteiger partial charge >= 0.3 is 0 Å². The first kappa shape index (κ1) is 22.1. The molecule has 1 aromatic carbocycles.